The number of carbonyl (C=O) groups is 1. The van der Waals surface area contributed by atoms with Gasteiger partial charge in [-0.1, -0.05) is 81.7 Å². The van der Waals surface area contributed by atoms with Crippen molar-refractivity contribution >= 4 is 5.97 Å². The molecule has 3 nitrogen and oxygen atoms in total. The molecule has 0 atom stereocenters. The van der Waals surface area contributed by atoms with E-state index < -0.39 is 0 Å². The molecule has 0 bridgehead atoms. The fourth-order valence-corrected chi connectivity index (χ4v) is 4.98. The monoisotopic (exact) mass is 448 g/mol. The van der Waals surface area contributed by atoms with E-state index in [-0.39, 0.29) is 19.2 Å². The van der Waals surface area contributed by atoms with Gasteiger partial charge in [0.25, 0.3) is 0 Å². The van der Waals surface area contributed by atoms with E-state index in [0.29, 0.717) is 17.9 Å². The molecular formula is C30H40O3. The summed E-state index contributed by atoms with van der Waals surface area (Å²) in [6.07, 6.45) is 11.4. The van der Waals surface area contributed by atoms with Crippen LogP contribution in [0.2, 0.25) is 0 Å². The minimum absolute atomic E-state index is 0.0237. The van der Waals surface area contributed by atoms with Gasteiger partial charge in [-0.05, 0) is 72.3 Å². The van der Waals surface area contributed by atoms with E-state index in [1.54, 1.807) is 6.92 Å². The topological polar surface area (TPSA) is 46.5 Å². The summed E-state index contributed by atoms with van der Waals surface area (Å²) in [6, 6.07) is 15.2. The Kier molecular flexibility index (Phi) is 9.75. The molecule has 0 heterocycles. The zero-order chi connectivity index (χ0) is 23.6. The summed E-state index contributed by atoms with van der Waals surface area (Å²) < 4.78 is 5.25. The fraction of sp³-hybridized carbons (Fsp3) is 0.500. The average molecular weight is 449 g/mol. The third-order valence-electron chi connectivity index (χ3n) is 7.11. The zero-order valence-electron chi connectivity index (χ0n) is 20.4. The zero-order valence-corrected chi connectivity index (χ0v) is 20.4. The number of hydrogen-bond acceptors (Lipinski definition) is 3. The van der Waals surface area contributed by atoms with Crippen molar-refractivity contribution in [2.45, 2.75) is 84.2 Å². The molecule has 3 heteroatoms. The Balaban J connectivity index is 1.61. The minimum atomic E-state index is -0.373. The van der Waals surface area contributed by atoms with Crippen LogP contribution in [0.1, 0.15) is 87.8 Å². The highest BCUT2D eigenvalue weighted by molar-refractivity contribution is 5.86. The lowest BCUT2D eigenvalue weighted by molar-refractivity contribution is -0.138. The molecule has 0 saturated heterocycles. The van der Waals surface area contributed by atoms with Gasteiger partial charge >= 0.3 is 5.97 Å². The Morgan fingerprint density at radius 2 is 1.70 bits per heavy atom. The number of esters is 1. The number of aliphatic hydroxyl groups excluding tert-OH is 1. The molecule has 0 unspecified atom stereocenters. The number of aliphatic hydroxyl groups is 1. The molecule has 1 N–H and O–H groups in total. The maximum absolute atomic E-state index is 11.6. The Bertz CT molecular complexity index is 905. The van der Waals surface area contributed by atoms with E-state index in [4.69, 9.17) is 4.74 Å². The molecule has 2 aromatic rings. The highest BCUT2D eigenvalue weighted by Crippen LogP contribution is 2.38. The Morgan fingerprint density at radius 1 is 1.00 bits per heavy atom. The molecule has 0 aliphatic heterocycles. The summed E-state index contributed by atoms with van der Waals surface area (Å²) in [5.74, 6) is 1.25. The van der Waals surface area contributed by atoms with Gasteiger partial charge in [-0.15, -0.1) is 0 Å². The molecule has 2 aromatic carbocycles. The molecule has 0 spiro atoms. The van der Waals surface area contributed by atoms with Gasteiger partial charge in [0, 0.05) is 12.0 Å². The van der Waals surface area contributed by atoms with Crippen molar-refractivity contribution in [1.29, 1.82) is 0 Å². The lowest BCUT2D eigenvalue weighted by atomic mass is 9.77. The van der Waals surface area contributed by atoms with E-state index in [9.17, 15) is 9.90 Å². The summed E-state index contributed by atoms with van der Waals surface area (Å²) >= 11 is 0. The van der Waals surface area contributed by atoms with Crippen LogP contribution >= 0.6 is 0 Å². The van der Waals surface area contributed by atoms with Crippen LogP contribution < -0.4 is 0 Å². The Morgan fingerprint density at radius 3 is 2.33 bits per heavy atom. The third-order valence-corrected chi connectivity index (χ3v) is 7.11. The van der Waals surface area contributed by atoms with Gasteiger partial charge in [0.05, 0.1) is 13.2 Å². The predicted molar refractivity (Wildman–Crippen MR) is 136 cm³/mol. The van der Waals surface area contributed by atoms with Crippen LogP contribution in [0, 0.1) is 5.92 Å². The van der Waals surface area contributed by atoms with Crippen LogP contribution in [-0.2, 0) is 22.6 Å². The number of carbonyl (C=O) groups excluding carboxylic acids is 1. The first-order valence-electron chi connectivity index (χ1n) is 12.7. The van der Waals surface area contributed by atoms with Crippen molar-refractivity contribution < 1.29 is 14.6 Å². The number of hydrogen-bond donors (Lipinski definition) is 1. The lowest BCUT2D eigenvalue weighted by Gasteiger charge is -2.29. The van der Waals surface area contributed by atoms with Gasteiger partial charge < -0.3 is 9.84 Å². The van der Waals surface area contributed by atoms with E-state index in [2.05, 4.69) is 49.9 Å². The number of ether oxygens (including phenoxy) is 1. The van der Waals surface area contributed by atoms with Gasteiger partial charge in [0.1, 0.15) is 0 Å². The molecule has 0 aromatic heterocycles. The van der Waals surface area contributed by atoms with Gasteiger partial charge in [0.15, 0.2) is 0 Å². The molecule has 3 rings (SSSR count). The second kappa shape index (κ2) is 12.7. The average Bonchev–Trinajstić information content (AvgIpc) is 2.84. The fourth-order valence-electron chi connectivity index (χ4n) is 4.98. The lowest BCUT2D eigenvalue weighted by Crippen LogP contribution is -2.13. The van der Waals surface area contributed by atoms with Crippen LogP contribution in [0.5, 0.6) is 0 Å². The van der Waals surface area contributed by atoms with Gasteiger partial charge in [-0.2, -0.15) is 0 Å². The minimum Gasteiger partial charge on any atom is -0.462 e. The highest BCUT2D eigenvalue weighted by atomic mass is 16.5. The number of unbranched alkanes of at least 4 members (excludes halogenated alkanes) is 2. The quantitative estimate of drug-likeness (QED) is 0.222. The summed E-state index contributed by atoms with van der Waals surface area (Å²) in [7, 11) is 0. The first kappa shape index (κ1) is 25.2. The largest absolute Gasteiger partial charge is 0.462 e. The molecule has 0 amide bonds. The molecule has 1 aliphatic rings. The molecule has 1 fully saturated rings. The first-order valence-corrected chi connectivity index (χ1v) is 12.7. The summed E-state index contributed by atoms with van der Waals surface area (Å²) in [5, 5.41) is 9.71. The van der Waals surface area contributed by atoms with Gasteiger partial charge in [0.2, 0.25) is 0 Å². The van der Waals surface area contributed by atoms with Crippen molar-refractivity contribution in [3.05, 3.63) is 71.3 Å². The summed E-state index contributed by atoms with van der Waals surface area (Å²) in [4.78, 5) is 11.6. The second-order valence-corrected chi connectivity index (χ2v) is 9.64. The smallest absolute Gasteiger partial charge is 0.333 e. The molecule has 33 heavy (non-hydrogen) atoms. The standard InChI is InChI=1S/C30H40O3/c1-4-5-6-7-23-8-10-24(11-9-23)25-12-14-26(15-13-25)27-16-17-29(21-31)28(20-27)18-19-33-30(32)22(2)3/h12-17,20,23-24,31H,2,4-11,18-19,21H2,1,3H3. The number of rotatable bonds is 11. The first-order chi connectivity index (χ1) is 16.0. The maximum Gasteiger partial charge on any atom is 0.333 e. The molecule has 0 radical (unpaired) electrons. The SMILES string of the molecule is C=C(C)C(=O)OCCc1cc(-c2ccc(C3CCC(CCCCC)CC3)cc2)ccc1CO. The molecule has 1 aliphatic carbocycles. The van der Waals surface area contributed by atoms with Crippen LogP contribution in [0.3, 0.4) is 0 Å². The summed E-state index contributed by atoms with van der Waals surface area (Å²) in [6.45, 7) is 7.79. The van der Waals surface area contributed by atoms with Crippen molar-refractivity contribution in [3.8, 4) is 11.1 Å². The molecule has 178 valence electrons. The number of benzene rings is 2. The molecular weight excluding hydrogens is 408 g/mol. The third kappa shape index (κ3) is 7.30. The van der Waals surface area contributed by atoms with E-state index >= 15 is 0 Å². The normalized spacial score (nSPS) is 18.2. The van der Waals surface area contributed by atoms with Crippen molar-refractivity contribution in [2.24, 2.45) is 5.92 Å². The van der Waals surface area contributed by atoms with Crippen molar-refractivity contribution in [1.82, 2.24) is 0 Å². The Hall–Kier alpha value is -2.39. The van der Waals surface area contributed by atoms with E-state index in [1.807, 2.05) is 6.07 Å². The van der Waals surface area contributed by atoms with Crippen LogP contribution in [-0.4, -0.2) is 17.7 Å². The molecule has 1 saturated carbocycles. The van der Waals surface area contributed by atoms with Gasteiger partial charge in [-0.25, -0.2) is 4.79 Å². The summed E-state index contributed by atoms with van der Waals surface area (Å²) in [5.41, 5.74) is 6.05. The van der Waals surface area contributed by atoms with Crippen molar-refractivity contribution in [2.75, 3.05) is 6.61 Å². The van der Waals surface area contributed by atoms with E-state index in [0.717, 1.165) is 22.6 Å². The van der Waals surface area contributed by atoms with E-state index in [1.165, 1.54) is 62.5 Å². The van der Waals surface area contributed by atoms with Crippen LogP contribution in [0.4, 0.5) is 0 Å². The van der Waals surface area contributed by atoms with Crippen LogP contribution in [0.15, 0.2) is 54.6 Å². The Labute approximate surface area is 199 Å². The maximum atomic E-state index is 11.6. The van der Waals surface area contributed by atoms with Gasteiger partial charge in [-0.3, -0.25) is 0 Å². The predicted octanol–water partition coefficient (Wildman–Crippen LogP) is 7.36. The second-order valence-electron chi connectivity index (χ2n) is 9.64. The highest BCUT2D eigenvalue weighted by Gasteiger charge is 2.22. The van der Waals surface area contributed by atoms with Crippen LogP contribution in [0.25, 0.3) is 11.1 Å². The van der Waals surface area contributed by atoms with Crippen molar-refractivity contribution in [3.63, 3.8) is 0 Å².